The Morgan fingerprint density at radius 3 is 2.74 bits per heavy atom. The Balaban J connectivity index is 2.23. The van der Waals surface area contributed by atoms with Gasteiger partial charge in [0, 0.05) is 13.0 Å². The Labute approximate surface area is 117 Å². The van der Waals surface area contributed by atoms with Gasteiger partial charge in [0.15, 0.2) is 5.76 Å². The smallest absolute Gasteiger partial charge is 0.203 e. The van der Waals surface area contributed by atoms with Crippen LogP contribution < -0.4 is 0 Å². The fraction of sp³-hybridized carbons (Fsp3) is 0.429. The van der Waals surface area contributed by atoms with Crippen molar-refractivity contribution in [3.8, 4) is 0 Å². The van der Waals surface area contributed by atoms with Crippen LogP contribution >= 0.6 is 11.6 Å². The molecule has 0 N–H and O–H groups in total. The molecule has 0 bridgehead atoms. The minimum atomic E-state index is -0.0730. The van der Waals surface area contributed by atoms with Crippen LogP contribution in [0.25, 0.3) is 0 Å². The third-order valence-electron chi connectivity index (χ3n) is 3.07. The topological polar surface area (TPSA) is 48.0 Å². The molecule has 0 aliphatic rings. The molecule has 0 radical (unpaired) electrons. The molecule has 0 aromatic carbocycles. The Bertz CT molecular complexity index is 599. The molecule has 0 atom stereocenters. The van der Waals surface area contributed by atoms with Crippen LogP contribution in [0.5, 0.6) is 0 Å². The zero-order chi connectivity index (χ0) is 14.0. The molecule has 0 saturated carbocycles. The van der Waals surface area contributed by atoms with Gasteiger partial charge in [-0.15, -0.1) is 0 Å². The maximum Gasteiger partial charge on any atom is 0.203 e. The Morgan fingerprint density at radius 1 is 1.42 bits per heavy atom. The van der Waals surface area contributed by atoms with E-state index in [2.05, 4.69) is 5.10 Å². The summed E-state index contributed by atoms with van der Waals surface area (Å²) >= 11 is 6.19. The minimum Gasteiger partial charge on any atom is -0.458 e. The van der Waals surface area contributed by atoms with E-state index < -0.39 is 0 Å². The number of halogens is 1. The van der Waals surface area contributed by atoms with Gasteiger partial charge in [-0.05, 0) is 26.0 Å². The maximum absolute atomic E-state index is 12.2. The average molecular weight is 281 g/mol. The number of furan rings is 1. The molecule has 0 unspecified atom stereocenters. The van der Waals surface area contributed by atoms with Gasteiger partial charge >= 0.3 is 0 Å². The molecular formula is C14H17ClN2O2. The Hall–Kier alpha value is -1.55. The van der Waals surface area contributed by atoms with Crippen molar-refractivity contribution in [2.75, 3.05) is 0 Å². The molecule has 102 valence electrons. The summed E-state index contributed by atoms with van der Waals surface area (Å²) in [6.45, 7) is 6.48. The van der Waals surface area contributed by atoms with E-state index in [0.29, 0.717) is 17.3 Å². The number of nitrogens with zero attached hydrogens (tertiary/aromatic N) is 2. The molecule has 19 heavy (non-hydrogen) atoms. The van der Waals surface area contributed by atoms with Crippen molar-refractivity contribution < 1.29 is 9.21 Å². The SMILES string of the molecule is CCc1ccc(C(=O)Cc2c(Cl)c(C)nn2CC)o1. The van der Waals surface area contributed by atoms with Crippen LogP contribution in [0, 0.1) is 6.92 Å². The second-order valence-electron chi connectivity index (χ2n) is 4.38. The maximum atomic E-state index is 12.2. The molecule has 4 nitrogen and oxygen atoms in total. The molecule has 0 aliphatic heterocycles. The highest BCUT2D eigenvalue weighted by Crippen LogP contribution is 2.22. The number of hydrogen-bond acceptors (Lipinski definition) is 3. The van der Waals surface area contributed by atoms with Crippen molar-refractivity contribution in [2.45, 2.75) is 40.2 Å². The van der Waals surface area contributed by atoms with Gasteiger partial charge < -0.3 is 4.42 Å². The van der Waals surface area contributed by atoms with E-state index in [1.54, 1.807) is 10.7 Å². The normalized spacial score (nSPS) is 10.9. The fourth-order valence-electron chi connectivity index (χ4n) is 1.99. The quantitative estimate of drug-likeness (QED) is 0.788. The largest absolute Gasteiger partial charge is 0.458 e. The zero-order valence-electron chi connectivity index (χ0n) is 11.4. The van der Waals surface area contributed by atoms with Gasteiger partial charge in [-0.2, -0.15) is 5.10 Å². The van der Waals surface area contributed by atoms with E-state index in [9.17, 15) is 4.79 Å². The zero-order valence-corrected chi connectivity index (χ0v) is 12.1. The molecule has 2 aromatic heterocycles. The van der Waals surface area contributed by atoms with Crippen LogP contribution in [-0.2, 0) is 19.4 Å². The first kappa shape index (κ1) is 13.9. The number of rotatable bonds is 5. The fourth-order valence-corrected chi connectivity index (χ4v) is 2.20. The van der Waals surface area contributed by atoms with Crippen molar-refractivity contribution in [3.05, 3.63) is 40.1 Å². The Morgan fingerprint density at radius 2 is 2.16 bits per heavy atom. The van der Waals surface area contributed by atoms with E-state index in [4.69, 9.17) is 16.0 Å². The molecule has 2 heterocycles. The number of carbonyl (C=O) groups excluding carboxylic acids is 1. The molecule has 0 spiro atoms. The summed E-state index contributed by atoms with van der Waals surface area (Å²) in [4.78, 5) is 12.2. The van der Waals surface area contributed by atoms with Gasteiger partial charge in [-0.3, -0.25) is 9.48 Å². The molecule has 5 heteroatoms. The summed E-state index contributed by atoms with van der Waals surface area (Å²) in [6.07, 6.45) is 0.990. The van der Waals surface area contributed by atoms with Crippen molar-refractivity contribution >= 4 is 17.4 Å². The number of ketones is 1. The lowest BCUT2D eigenvalue weighted by molar-refractivity contribution is 0.0962. The number of aryl methyl sites for hydroxylation is 3. The average Bonchev–Trinajstić information content (AvgIpc) is 2.98. The first-order chi connectivity index (χ1) is 9.06. The van der Waals surface area contributed by atoms with Crippen LogP contribution in [0.15, 0.2) is 16.5 Å². The molecular weight excluding hydrogens is 264 g/mol. The number of hydrogen-bond donors (Lipinski definition) is 0. The predicted octanol–water partition coefficient (Wildman–Crippen LogP) is 3.45. The van der Waals surface area contributed by atoms with Crippen LogP contribution in [-0.4, -0.2) is 15.6 Å². The highest BCUT2D eigenvalue weighted by atomic mass is 35.5. The van der Waals surface area contributed by atoms with Crippen molar-refractivity contribution in [1.82, 2.24) is 9.78 Å². The van der Waals surface area contributed by atoms with Crippen LogP contribution in [0.2, 0.25) is 5.02 Å². The second kappa shape index (κ2) is 5.61. The molecule has 2 aromatic rings. The summed E-state index contributed by atoms with van der Waals surface area (Å²) in [6, 6.07) is 3.55. The van der Waals surface area contributed by atoms with E-state index >= 15 is 0 Å². The van der Waals surface area contributed by atoms with Crippen molar-refractivity contribution in [1.29, 1.82) is 0 Å². The molecule has 0 amide bonds. The second-order valence-corrected chi connectivity index (χ2v) is 4.76. The van der Waals surface area contributed by atoms with E-state index in [1.165, 1.54) is 0 Å². The third-order valence-corrected chi connectivity index (χ3v) is 3.56. The number of carbonyl (C=O) groups is 1. The van der Waals surface area contributed by atoms with Gasteiger partial charge in [-0.1, -0.05) is 18.5 Å². The highest BCUT2D eigenvalue weighted by Gasteiger charge is 2.18. The minimum absolute atomic E-state index is 0.0730. The van der Waals surface area contributed by atoms with Crippen LogP contribution in [0.3, 0.4) is 0 Å². The number of aromatic nitrogens is 2. The molecule has 0 fully saturated rings. The number of Topliss-reactive ketones (excluding diaryl/α,β-unsaturated/α-hetero) is 1. The summed E-state index contributed by atoms with van der Waals surface area (Å²) < 4.78 is 7.23. The first-order valence-corrected chi connectivity index (χ1v) is 6.78. The van der Waals surface area contributed by atoms with E-state index in [0.717, 1.165) is 23.6 Å². The van der Waals surface area contributed by atoms with Gasteiger partial charge in [0.1, 0.15) is 5.76 Å². The van der Waals surface area contributed by atoms with Gasteiger partial charge in [-0.25, -0.2) is 0 Å². The lowest BCUT2D eigenvalue weighted by Crippen LogP contribution is -2.09. The standard InChI is InChI=1S/C14H17ClN2O2/c1-4-10-6-7-13(19-10)12(18)8-11-14(15)9(3)16-17(11)5-2/h6-7H,4-5,8H2,1-3H3. The Kier molecular flexibility index (Phi) is 4.10. The lowest BCUT2D eigenvalue weighted by atomic mass is 10.1. The monoisotopic (exact) mass is 280 g/mol. The highest BCUT2D eigenvalue weighted by molar-refractivity contribution is 6.32. The van der Waals surface area contributed by atoms with E-state index in [-0.39, 0.29) is 12.2 Å². The predicted molar refractivity (Wildman–Crippen MR) is 73.8 cm³/mol. The van der Waals surface area contributed by atoms with E-state index in [1.807, 2.05) is 26.8 Å². The summed E-state index contributed by atoms with van der Waals surface area (Å²) in [5, 5.41) is 4.87. The first-order valence-electron chi connectivity index (χ1n) is 6.40. The summed E-state index contributed by atoms with van der Waals surface area (Å²) in [5.74, 6) is 1.13. The van der Waals surface area contributed by atoms with Crippen molar-refractivity contribution in [3.63, 3.8) is 0 Å². The third kappa shape index (κ3) is 2.73. The van der Waals surface area contributed by atoms with Gasteiger partial charge in [0.05, 0.1) is 22.8 Å². The molecule has 0 saturated heterocycles. The van der Waals surface area contributed by atoms with Gasteiger partial charge in [0.25, 0.3) is 0 Å². The summed E-state index contributed by atoms with van der Waals surface area (Å²) in [5.41, 5.74) is 1.50. The van der Waals surface area contributed by atoms with Gasteiger partial charge in [0.2, 0.25) is 5.78 Å². The molecule has 2 rings (SSSR count). The van der Waals surface area contributed by atoms with Crippen LogP contribution in [0.1, 0.15) is 41.6 Å². The lowest BCUT2D eigenvalue weighted by Gasteiger charge is -2.03. The summed E-state index contributed by atoms with van der Waals surface area (Å²) in [7, 11) is 0. The molecule has 0 aliphatic carbocycles. The van der Waals surface area contributed by atoms with Crippen LogP contribution in [0.4, 0.5) is 0 Å². The van der Waals surface area contributed by atoms with Crippen molar-refractivity contribution in [2.24, 2.45) is 0 Å².